The average Bonchev–Trinajstić information content (AvgIpc) is 2.66. The Morgan fingerprint density at radius 2 is 2.31 bits per heavy atom. The van der Waals surface area contributed by atoms with Gasteiger partial charge >= 0.3 is 0 Å². The molecule has 0 unspecified atom stereocenters. The van der Waals surface area contributed by atoms with E-state index in [1.807, 2.05) is 13.0 Å². The van der Waals surface area contributed by atoms with Crippen molar-refractivity contribution in [3.05, 3.63) is 34.1 Å². The van der Waals surface area contributed by atoms with Gasteiger partial charge in [0.25, 0.3) is 0 Å². The molecule has 0 atom stereocenters. The summed E-state index contributed by atoms with van der Waals surface area (Å²) in [6, 6.07) is 5.17. The number of hydrogen-bond acceptors (Lipinski definition) is 5. The van der Waals surface area contributed by atoms with Crippen LogP contribution in [0.1, 0.15) is 11.4 Å². The highest BCUT2D eigenvalue weighted by Gasteiger charge is 2.03. The molecular formula is C10H10BrN3OS. The van der Waals surface area contributed by atoms with Crippen LogP contribution < -0.4 is 5.32 Å². The highest BCUT2D eigenvalue weighted by molar-refractivity contribution is 9.10. The highest BCUT2D eigenvalue weighted by atomic mass is 79.9. The number of nitrogens with zero attached hydrogens (tertiary/aromatic N) is 2. The van der Waals surface area contributed by atoms with E-state index in [9.17, 15) is 5.11 Å². The molecule has 0 aliphatic carbocycles. The molecule has 2 aromatic rings. The molecule has 0 aliphatic rings. The third kappa shape index (κ3) is 2.70. The molecule has 0 saturated carbocycles. The molecule has 0 aliphatic heterocycles. The Kier molecular flexibility index (Phi) is 3.40. The van der Waals surface area contributed by atoms with Gasteiger partial charge in [0, 0.05) is 22.5 Å². The quantitative estimate of drug-likeness (QED) is 0.915. The van der Waals surface area contributed by atoms with E-state index in [0.29, 0.717) is 6.54 Å². The predicted molar refractivity (Wildman–Crippen MR) is 67.8 cm³/mol. The van der Waals surface area contributed by atoms with Gasteiger partial charge in [0.05, 0.1) is 0 Å². The first-order chi connectivity index (χ1) is 7.65. The zero-order valence-corrected chi connectivity index (χ0v) is 11.0. The zero-order chi connectivity index (χ0) is 11.5. The van der Waals surface area contributed by atoms with Gasteiger partial charge in [-0.05, 0) is 30.7 Å². The van der Waals surface area contributed by atoms with E-state index in [4.69, 9.17) is 0 Å². The maximum Gasteiger partial charge on any atom is 0.202 e. The molecule has 0 radical (unpaired) electrons. The summed E-state index contributed by atoms with van der Waals surface area (Å²) in [4.78, 5) is 4.20. The lowest BCUT2D eigenvalue weighted by Crippen LogP contribution is -1.99. The Hall–Kier alpha value is -1.14. The minimum absolute atomic E-state index is 0.258. The molecule has 0 saturated heterocycles. The molecule has 2 rings (SSSR count). The smallest absolute Gasteiger partial charge is 0.202 e. The third-order valence-corrected chi connectivity index (χ3v) is 3.52. The summed E-state index contributed by atoms with van der Waals surface area (Å²) in [7, 11) is 0. The number of aryl methyl sites for hydroxylation is 1. The van der Waals surface area contributed by atoms with Crippen molar-refractivity contribution in [2.24, 2.45) is 0 Å². The molecule has 4 nitrogen and oxygen atoms in total. The van der Waals surface area contributed by atoms with Gasteiger partial charge in [-0.3, -0.25) is 0 Å². The Labute approximate surface area is 106 Å². The van der Waals surface area contributed by atoms with Gasteiger partial charge in [-0.15, -0.1) is 0 Å². The van der Waals surface area contributed by atoms with Gasteiger partial charge in [0.1, 0.15) is 11.6 Å². The zero-order valence-electron chi connectivity index (χ0n) is 8.57. The number of aromatic nitrogens is 2. The second-order valence-corrected chi connectivity index (χ2v) is 4.88. The van der Waals surface area contributed by atoms with Crippen molar-refractivity contribution in [2.75, 3.05) is 5.32 Å². The van der Waals surface area contributed by atoms with Gasteiger partial charge < -0.3 is 10.4 Å². The molecule has 84 valence electrons. The Morgan fingerprint density at radius 3 is 3.00 bits per heavy atom. The summed E-state index contributed by atoms with van der Waals surface area (Å²) in [5.41, 5.74) is 0.979. The number of aromatic hydroxyl groups is 1. The maximum atomic E-state index is 9.36. The highest BCUT2D eigenvalue weighted by Crippen LogP contribution is 2.23. The van der Waals surface area contributed by atoms with Crippen molar-refractivity contribution in [3.8, 4) is 5.75 Å². The molecule has 16 heavy (non-hydrogen) atoms. The molecule has 0 spiro atoms. The number of halogens is 1. The van der Waals surface area contributed by atoms with Crippen molar-refractivity contribution in [1.29, 1.82) is 0 Å². The van der Waals surface area contributed by atoms with Crippen LogP contribution in [0.15, 0.2) is 22.7 Å². The second kappa shape index (κ2) is 4.80. The molecule has 0 bridgehead atoms. The first kappa shape index (κ1) is 11.3. The maximum absolute atomic E-state index is 9.36. The minimum atomic E-state index is 0.258. The minimum Gasteiger partial charge on any atom is -0.508 e. The van der Waals surface area contributed by atoms with E-state index < -0.39 is 0 Å². The first-order valence-electron chi connectivity index (χ1n) is 4.67. The number of benzene rings is 1. The molecule has 0 fully saturated rings. The van der Waals surface area contributed by atoms with E-state index in [2.05, 4.69) is 30.6 Å². The number of hydrogen-bond donors (Lipinski definition) is 2. The lowest BCUT2D eigenvalue weighted by molar-refractivity contribution is 0.474. The topological polar surface area (TPSA) is 58.0 Å². The van der Waals surface area contributed by atoms with Crippen LogP contribution in [0, 0.1) is 6.92 Å². The van der Waals surface area contributed by atoms with Gasteiger partial charge in [0.15, 0.2) is 0 Å². The van der Waals surface area contributed by atoms with Crippen molar-refractivity contribution in [1.82, 2.24) is 9.36 Å². The van der Waals surface area contributed by atoms with E-state index in [1.165, 1.54) is 11.5 Å². The summed E-state index contributed by atoms with van der Waals surface area (Å²) in [6.07, 6.45) is 0. The van der Waals surface area contributed by atoms with Gasteiger partial charge in [-0.25, -0.2) is 4.98 Å². The lowest BCUT2D eigenvalue weighted by Gasteiger charge is -2.05. The monoisotopic (exact) mass is 299 g/mol. The summed E-state index contributed by atoms with van der Waals surface area (Å²) in [5, 5.41) is 13.3. The van der Waals surface area contributed by atoms with E-state index >= 15 is 0 Å². The molecular weight excluding hydrogens is 290 g/mol. The summed E-state index contributed by atoms with van der Waals surface area (Å²) in [6.45, 7) is 2.45. The van der Waals surface area contributed by atoms with Crippen LogP contribution in [0.5, 0.6) is 5.75 Å². The lowest BCUT2D eigenvalue weighted by atomic mass is 10.2. The number of rotatable bonds is 3. The number of nitrogens with one attached hydrogen (secondary N) is 1. The summed E-state index contributed by atoms with van der Waals surface area (Å²) in [5.74, 6) is 1.02. The number of phenolic OH excluding ortho intramolecular Hbond substituents is 1. The average molecular weight is 300 g/mol. The summed E-state index contributed by atoms with van der Waals surface area (Å²) < 4.78 is 5.03. The molecule has 6 heteroatoms. The largest absolute Gasteiger partial charge is 0.508 e. The molecule has 1 aromatic carbocycles. The van der Waals surface area contributed by atoms with Crippen molar-refractivity contribution in [2.45, 2.75) is 13.5 Å². The molecule has 0 amide bonds. The van der Waals surface area contributed by atoms with Crippen molar-refractivity contribution in [3.63, 3.8) is 0 Å². The number of anilines is 1. The van der Waals surface area contributed by atoms with E-state index in [-0.39, 0.29) is 5.75 Å². The predicted octanol–water partition coefficient (Wildman–Crippen LogP) is 2.93. The summed E-state index contributed by atoms with van der Waals surface area (Å²) >= 11 is 4.75. The van der Waals surface area contributed by atoms with Crippen LogP contribution in [0.3, 0.4) is 0 Å². The Morgan fingerprint density at radius 1 is 1.50 bits per heavy atom. The van der Waals surface area contributed by atoms with Gasteiger partial charge in [-0.2, -0.15) is 4.37 Å². The molecule has 1 heterocycles. The number of phenols is 1. The van der Waals surface area contributed by atoms with Crippen LogP contribution in [-0.4, -0.2) is 14.5 Å². The van der Waals surface area contributed by atoms with Gasteiger partial charge in [-0.1, -0.05) is 15.9 Å². The van der Waals surface area contributed by atoms with Crippen molar-refractivity contribution >= 4 is 32.6 Å². The Bertz CT molecular complexity index is 501. The standard InChI is InChI=1S/C10H10BrN3OS/c1-6-13-10(16-14-6)12-5-7-4-8(15)2-3-9(7)11/h2-4,15H,5H2,1H3,(H,12,13,14). The fraction of sp³-hybridized carbons (Fsp3) is 0.200. The normalized spacial score (nSPS) is 10.4. The molecule has 1 aromatic heterocycles. The first-order valence-corrected chi connectivity index (χ1v) is 6.23. The fourth-order valence-corrected chi connectivity index (χ4v) is 2.19. The van der Waals surface area contributed by atoms with Crippen LogP contribution in [0.4, 0.5) is 5.13 Å². The SMILES string of the molecule is Cc1nsc(NCc2cc(O)ccc2Br)n1. The van der Waals surface area contributed by atoms with Crippen LogP contribution in [0.25, 0.3) is 0 Å². The van der Waals surface area contributed by atoms with Crippen molar-refractivity contribution < 1.29 is 5.11 Å². The van der Waals surface area contributed by atoms with Crippen LogP contribution in [0.2, 0.25) is 0 Å². The molecule has 2 N–H and O–H groups in total. The van der Waals surface area contributed by atoms with Crippen LogP contribution in [-0.2, 0) is 6.54 Å². The van der Waals surface area contributed by atoms with Crippen LogP contribution >= 0.6 is 27.5 Å². The fourth-order valence-electron chi connectivity index (χ4n) is 1.24. The second-order valence-electron chi connectivity index (χ2n) is 3.28. The Balaban J connectivity index is 2.07. The van der Waals surface area contributed by atoms with E-state index in [0.717, 1.165) is 21.0 Å². The third-order valence-electron chi connectivity index (χ3n) is 1.99. The van der Waals surface area contributed by atoms with E-state index in [1.54, 1.807) is 12.1 Å². The van der Waals surface area contributed by atoms with Gasteiger partial charge in [0.2, 0.25) is 5.13 Å².